The molecule has 108 valence electrons. The number of hydrogen-bond donors (Lipinski definition) is 1. The monoisotopic (exact) mass is 272 g/mol. The smallest absolute Gasteiger partial charge is 0.138 e. The van der Waals surface area contributed by atoms with Gasteiger partial charge in [-0.1, -0.05) is 25.7 Å². The van der Waals surface area contributed by atoms with Crippen molar-refractivity contribution in [3.05, 3.63) is 24.0 Å². The molecule has 0 amide bonds. The van der Waals surface area contributed by atoms with Crippen LogP contribution in [0.3, 0.4) is 0 Å². The van der Waals surface area contributed by atoms with E-state index in [2.05, 4.69) is 23.2 Å². The molecule has 0 unspecified atom stereocenters. The molecule has 1 aliphatic carbocycles. The Kier molecular flexibility index (Phi) is 3.55. The van der Waals surface area contributed by atoms with Crippen LogP contribution in [-0.2, 0) is 0 Å². The number of rotatable bonds is 2. The topological polar surface area (TPSA) is 46.6 Å². The maximum absolute atomic E-state index is 6.37. The molecule has 0 spiro atoms. The fourth-order valence-electron chi connectivity index (χ4n) is 3.19. The van der Waals surface area contributed by atoms with Crippen LogP contribution >= 0.6 is 0 Å². The first-order valence-electron chi connectivity index (χ1n) is 7.61. The number of nitrogens with zero attached hydrogens (tertiary/aromatic N) is 3. The normalized spacial score (nSPS) is 17.3. The van der Waals surface area contributed by atoms with Crippen molar-refractivity contribution >= 4 is 17.2 Å². The van der Waals surface area contributed by atoms with E-state index in [1.165, 1.54) is 38.5 Å². The quantitative estimate of drug-likeness (QED) is 0.852. The van der Waals surface area contributed by atoms with Crippen LogP contribution in [0.1, 0.15) is 50.1 Å². The largest absolute Gasteiger partial charge is 0.383 e. The molecule has 4 nitrogen and oxygen atoms in total. The van der Waals surface area contributed by atoms with Crippen molar-refractivity contribution in [2.24, 2.45) is 0 Å². The van der Waals surface area contributed by atoms with E-state index in [4.69, 9.17) is 10.7 Å². The highest BCUT2D eigenvalue weighted by atomic mass is 15.1. The van der Waals surface area contributed by atoms with Crippen molar-refractivity contribution in [2.45, 2.75) is 44.4 Å². The van der Waals surface area contributed by atoms with E-state index in [9.17, 15) is 0 Å². The van der Waals surface area contributed by atoms with E-state index in [-0.39, 0.29) is 0 Å². The average Bonchev–Trinajstić information content (AvgIpc) is 2.64. The summed E-state index contributed by atoms with van der Waals surface area (Å²) in [4.78, 5) is 6.88. The second kappa shape index (κ2) is 5.35. The summed E-state index contributed by atoms with van der Waals surface area (Å²) in [7, 11) is 4.08. The Morgan fingerprint density at radius 3 is 2.50 bits per heavy atom. The number of imidazole rings is 1. The summed E-state index contributed by atoms with van der Waals surface area (Å²) < 4.78 is 2.04. The fraction of sp³-hybridized carbons (Fsp3) is 0.562. The van der Waals surface area contributed by atoms with Gasteiger partial charge in [-0.25, -0.2) is 4.98 Å². The molecular weight excluding hydrogens is 248 g/mol. The van der Waals surface area contributed by atoms with E-state index < -0.39 is 0 Å². The maximum Gasteiger partial charge on any atom is 0.138 e. The lowest BCUT2D eigenvalue weighted by Gasteiger charge is -2.13. The zero-order chi connectivity index (χ0) is 14.1. The number of nitrogen functional groups attached to an aromatic ring is 1. The van der Waals surface area contributed by atoms with Crippen molar-refractivity contribution < 1.29 is 0 Å². The van der Waals surface area contributed by atoms with Gasteiger partial charge in [0.15, 0.2) is 0 Å². The highest BCUT2D eigenvalue weighted by Crippen LogP contribution is 2.34. The van der Waals surface area contributed by atoms with E-state index in [0.717, 1.165) is 22.8 Å². The predicted octanol–water partition coefficient (Wildman–Crippen LogP) is 3.42. The standard InChI is InChI=1S/C16H24N4/c1-19(2)13-9-10-14-18-15(16(17)20(14)11-13)12-7-5-3-4-6-8-12/h9-12H,3-8,17H2,1-2H3. The molecule has 0 aromatic carbocycles. The van der Waals surface area contributed by atoms with Gasteiger partial charge in [0.05, 0.1) is 11.4 Å². The highest BCUT2D eigenvalue weighted by molar-refractivity contribution is 5.59. The van der Waals surface area contributed by atoms with Crippen LogP contribution in [0, 0.1) is 0 Å². The summed E-state index contributed by atoms with van der Waals surface area (Å²) >= 11 is 0. The van der Waals surface area contributed by atoms with Crippen LogP contribution in [0.4, 0.5) is 11.5 Å². The summed E-state index contributed by atoms with van der Waals surface area (Å²) in [5.41, 5.74) is 9.60. The molecule has 1 saturated carbocycles. The Bertz CT molecular complexity index is 592. The summed E-state index contributed by atoms with van der Waals surface area (Å²) in [6.45, 7) is 0. The van der Waals surface area contributed by atoms with Gasteiger partial charge >= 0.3 is 0 Å². The van der Waals surface area contributed by atoms with Gasteiger partial charge in [-0.2, -0.15) is 0 Å². The van der Waals surface area contributed by atoms with Gasteiger partial charge in [0.1, 0.15) is 11.5 Å². The minimum absolute atomic E-state index is 0.542. The Morgan fingerprint density at radius 1 is 1.15 bits per heavy atom. The van der Waals surface area contributed by atoms with Crippen LogP contribution in [0.5, 0.6) is 0 Å². The van der Waals surface area contributed by atoms with Gasteiger partial charge in [0.2, 0.25) is 0 Å². The zero-order valence-corrected chi connectivity index (χ0v) is 12.5. The molecule has 0 bridgehead atoms. The summed E-state index contributed by atoms with van der Waals surface area (Å²) in [6, 6.07) is 4.16. The first kappa shape index (κ1) is 13.3. The lowest BCUT2D eigenvalue weighted by molar-refractivity contribution is 0.582. The zero-order valence-electron chi connectivity index (χ0n) is 12.5. The van der Waals surface area contributed by atoms with Gasteiger partial charge in [0, 0.05) is 26.2 Å². The third-order valence-corrected chi connectivity index (χ3v) is 4.43. The Hall–Kier alpha value is -1.71. The number of nitrogens with two attached hydrogens (primary N) is 1. The van der Waals surface area contributed by atoms with Crippen LogP contribution in [0.2, 0.25) is 0 Å². The first-order valence-corrected chi connectivity index (χ1v) is 7.61. The molecule has 1 fully saturated rings. The molecule has 20 heavy (non-hydrogen) atoms. The molecule has 0 aliphatic heterocycles. The van der Waals surface area contributed by atoms with Gasteiger partial charge < -0.3 is 10.6 Å². The molecule has 0 atom stereocenters. The van der Waals surface area contributed by atoms with Crippen molar-refractivity contribution in [1.82, 2.24) is 9.38 Å². The van der Waals surface area contributed by atoms with Crippen LogP contribution in [0.25, 0.3) is 5.65 Å². The molecule has 0 saturated heterocycles. The van der Waals surface area contributed by atoms with Crippen molar-refractivity contribution in [3.63, 3.8) is 0 Å². The van der Waals surface area contributed by atoms with E-state index >= 15 is 0 Å². The van der Waals surface area contributed by atoms with Gasteiger partial charge in [-0.05, 0) is 25.0 Å². The molecule has 2 heterocycles. The molecule has 1 aliphatic rings. The van der Waals surface area contributed by atoms with Crippen LogP contribution in [-0.4, -0.2) is 23.5 Å². The summed E-state index contributed by atoms with van der Waals surface area (Å²) in [5.74, 6) is 1.37. The summed E-state index contributed by atoms with van der Waals surface area (Å²) in [5, 5.41) is 0. The SMILES string of the molecule is CN(C)c1ccc2nc(C3CCCCCC3)c(N)n2c1. The molecule has 3 rings (SSSR count). The minimum atomic E-state index is 0.542. The van der Waals surface area contributed by atoms with E-state index in [1.807, 2.05) is 18.5 Å². The number of anilines is 2. The van der Waals surface area contributed by atoms with Gasteiger partial charge in [-0.3, -0.25) is 4.40 Å². The van der Waals surface area contributed by atoms with Crippen LogP contribution < -0.4 is 10.6 Å². The highest BCUT2D eigenvalue weighted by Gasteiger charge is 2.21. The second-order valence-electron chi connectivity index (χ2n) is 6.08. The number of aromatic nitrogens is 2. The third-order valence-electron chi connectivity index (χ3n) is 4.43. The van der Waals surface area contributed by atoms with E-state index in [1.54, 1.807) is 0 Å². The third kappa shape index (κ3) is 2.35. The van der Waals surface area contributed by atoms with Crippen molar-refractivity contribution in [1.29, 1.82) is 0 Å². The number of hydrogen-bond acceptors (Lipinski definition) is 3. The minimum Gasteiger partial charge on any atom is -0.383 e. The molecule has 2 aromatic heterocycles. The van der Waals surface area contributed by atoms with Crippen molar-refractivity contribution in [3.8, 4) is 0 Å². The molecule has 2 N–H and O–H groups in total. The molecular formula is C16H24N4. The van der Waals surface area contributed by atoms with Crippen LogP contribution in [0.15, 0.2) is 18.3 Å². The van der Waals surface area contributed by atoms with Gasteiger partial charge in [-0.15, -0.1) is 0 Å². The van der Waals surface area contributed by atoms with Gasteiger partial charge in [0.25, 0.3) is 0 Å². The number of pyridine rings is 1. The number of fused-ring (bicyclic) bond motifs is 1. The Balaban J connectivity index is 2.01. The van der Waals surface area contributed by atoms with Crippen molar-refractivity contribution in [2.75, 3.05) is 24.7 Å². The average molecular weight is 272 g/mol. The van der Waals surface area contributed by atoms with E-state index in [0.29, 0.717) is 5.92 Å². The molecule has 0 radical (unpaired) electrons. The molecule has 2 aromatic rings. The summed E-state index contributed by atoms with van der Waals surface area (Å²) in [6.07, 6.45) is 9.87. The lowest BCUT2D eigenvalue weighted by Crippen LogP contribution is -2.09. The Morgan fingerprint density at radius 2 is 1.85 bits per heavy atom. The first-order chi connectivity index (χ1) is 9.66. The lowest BCUT2D eigenvalue weighted by atomic mass is 9.97. The predicted molar refractivity (Wildman–Crippen MR) is 84.4 cm³/mol. The molecule has 4 heteroatoms. The second-order valence-corrected chi connectivity index (χ2v) is 6.08. The fourth-order valence-corrected chi connectivity index (χ4v) is 3.19. The maximum atomic E-state index is 6.37. The Labute approximate surface area is 120 Å².